The molecular formula is C18H22N4O7. The molecule has 2 heterocycles. The molecule has 156 valence electrons. The number of hydrogen-bond donors (Lipinski definition) is 0. The number of amides is 1. The van der Waals surface area contributed by atoms with Crippen molar-refractivity contribution in [3.8, 4) is 17.2 Å². The van der Waals surface area contributed by atoms with Gasteiger partial charge in [-0.25, -0.2) is 0 Å². The van der Waals surface area contributed by atoms with E-state index in [0.29, 0.717) is 37.6 Å². The number of nitrogens with zero attached hydrogens (tertiary/aromatic N) is 4. The normalized spacial score (nSPS) is 14.6. The number of benzene rings is 1. The largest absolute Gasteiger partial charge is 0.493 e. The van der Waals surface area contributed by atoms with Crippen LogP contribution >= 0.6 is 0 Å². The molecule has 0 aliphatic carbocycles. The molecule has 1 aliphatic rings. The van der Waals surface area contributed by atoms with Crippen molar-refractivity contribution < 1.29 is 28.5 Å². The summed E-state index contributed by atoms with van der Waals surface area (Å²) in [5, 5.41) is 15.5. The smallest absolute Gasteiger partial charge is 0.327 e. The molecule has 0 atom stereocenters. The van der Waals surface area contributed by atoms with Crippen LogP contribution in [0.3, 0.4) is 0 Å². The number of ether oxygens (including phenoxy) is 3. The second-order valence-electron chi connectivity index (χ2n) is 6.54. The van der Waals surface area contributed by atoms with Crippen molar-refractivity contribution in [3.63, 3.8) is 0 Å². The van der Waals surface area contributed by atoms with Crippen LogP contribution in [0, 0.1) is 17.0 Å². The molecule has 11 nitrogen and oxygen atoms in total. The number of piperidine rings is 1. The van der Waals surface area contributed by atoms with Crippen LogP contribution in [-0.2, 0) is 0 Å². The van der Waals surface area contributed by atoms with Gasteiger partial charge in [0, 0.05) is 25.1 Å². The molecule has 1 fully saturated rings. The molecule has 0 radical (unpaired) electrons. The zero-order valence-corrected chi connectivity index (χ0v) is 16.6. The van der Waals surface area contributed by atoms with Gasteiger partial charge in [0.15, 0.2) is 11.6 Å². The van der Waals surface area contributed by atoms with Crippen molar-refractivity contribution in [1.82, 2.24) is 15.0 Å². The monoisotopic (exact) mass is 406 g/mol. The van der Waals surface area contributed by atoms with E-state index < -0.39 is 16.5 Å². The summed E-state index contributed by atoms with van der Waals surface area (Å²) >= 11 is 0. The first-order valence-corrected chi connectivity index (χ1v) is 8.98. The Labute approximate surface area is 166 Å². The maximum absolute atomic E-state index is 13.1. The minimum atomic E-state index is -0.651. The van der Waals surface area contributed by atoms with Gasteiger partial charge in [-0.05, 0) is 19.8 Å². The summed E-state index contributed by atoms with van der Waals surface area (Å²) in [6.07, 6.45) is 1.23. The molecule has 0 unspecified atom stereocenters. The van der Waals surface area contributed by atoms with Gasteiger partial charge in [0.2, 0.25) is 17.4 Å². The van der Waals surface area contributed by atoms with Crippen LogP contribution in [0.1, 0.15) is 40.8 Å². The Morgan fingerprint density at radius 3 is 2.34 bits per heavy atom. The molecule has 1 aromatic carbocycles. The Bertz CT molecular complexity index is 919. The van der Waals surface area contributed by atoms with Gasteiger partial charge in [-0.15, -0.1) is 0 Å². The highest BCUT2D eigenvalue weighted by atomic mass is 16.6. The highest BCUT2D eigenvalue weighted by Gasteiger charge is 2.36. The fourth-order valence-corrected chi connectivity index (χ4v) is 3.46. The first-order chi connectivity index (χ1) is 13.9. The highest BCUT2D eigenvalue weighted by Crippen LogP contribution is 2.46. The van der Waals surface area contributed by atoms with Crippen molar-refractivity contribution in [3.05, 3.63) is 33.5 Å². The van der Waals surface area contributed by atoms with Crippen LogP contribution in [0.4, 0.5) is 5.69 Å². The Hall–Kier alpha value is -3.37. The van der Waals surface area contributed by atoms with Crippen LogP contribution in [-0.4, -0.2) is 60.3 Å². The van der Waals surface area contributed by atoms with Crippen molar-refractivity contribution in [1.29, 1.82) is 0 Å². The quantitative estimate of drug-likeness (QED) is 0.524. The predicted molar refractivity (Wildman–Crippen MR) is 99.7 cm³/mol. The molecule has 29 heavy (non-hydrogen) atoms. The number of nitro benzene ring substituents is 1. The number of carbonyl (C=O) groups excluding carboxylic acids is 1. The number of hydrogen-bond acceptors (Lipinski definition) is 9. The second kappa shape index (κ2) is 8.33. The number of carbonyl (C=O) groups is 1. The Balaban J connectivity index is 1.90. The molecule has 0 saturated carbocycles. The van der Waals surface area contributed by atoms with E-state index in [9.17, 15) is 14.9 Å². The summed E-state index contributed by atoms with van der Waals surface area (Å²) in [5.41, 5.74) is -0.568. The van der Waals surface area contributed by atoms with Gasteiger partial charge in [-0.3, -0.25) is 14.9 Å². The summed E-state index contributed by atoms with van der Waals surface area (Å²) < 4.78 is 20.8. The molecule has 2 aromatic rings. The maximum atomic E-state index is 13.1. The van der Waals surface area contributed by atoms with Gasteiger partial charge >= 0.3 is 5.69 Å². The minimum Gasteiger partial charge on any atom is -0.493 e. The second-order valence-corrected chi connectivity index (χ2v) is 6.54. The van der Waals surface area contributed by atoms with Gasteiger partial charge in [-0.2, -0.15) is 4.98 Å². The Kier molecular flexibility index (Phi) is 5.85. The first kappa shape index (κ1) is 20.4. The summed E-state index contributed by atoms with van der Waals surface area (Å²) in [5.74, 6) is 0.765. The van der Waals surface area contributed by atoms with E-state index in [1.54, 1.807) is 11.8 Å². The summed E-state index contributed by atoms with van der Waals surface area (Å²) in [4.78, 5) is 30.0. The average Bonchev–Trinajstić information content (AvgIpc) is 3.17. The molecule has 1 aromatic heterocycles. The summed E-state index contributed by atoms with van der Waals surface area (Å²) in [6.45, 7) is 2.55. The van der Waals surface area contributed by atoms with Crippen LogP contribution in [0.15, 0.2) is 10.6 Å². The number of likely N-dealkylation sites (tertiary alicyclic amines) is 1. The van der Waals surface area contributed by atoms with E-state index in [-0.39, 0.29) is 28.7 Å². The van der Waals surface area contributed by atoms with E-state index in [2.05, 4.69) is 10.1 Å². The minimum absolute atomic E-state index is 0.0511. The van der Waals surface area contributed by atoms with Gasteiger partial charge in [0.1, 0.15) is 5.56 Å². The lowest BCUT2D eigenvalue weighted by Gasteiger charge is -2.30. The molecule has 3 rings (SSSR count). The third-order valence-electron chi connectivity index (χ3n) is 4.89. The average molecular weight is 406 g/mol. The van der Waals surface area contributed by atoms with E-state index >= 15 is 0 Å². The van der Waals surface area contributed by atoms with Crippen molar-refractivity contribution in [2.75, 3.05) is 34.4 Å². The van der Waals surface area contributed by atoms with E-state index in [1.807, 2.05) is 0 Å². The molecule has 1 aliphatic heterocycles. The van der Waals surface area contributed by atoms with Crippen LogP contribution < -0.4 is 14.2 Å². The lowest BCUT2D eigenvalue weighted by atomic mass is 9.96. The highest BCUT2D eigenvalue weighted by molar-refractivity contribution is 6.00. The fourth-order valence-electron chi connectivity index (χ4n) is 3.46. The van der Waals surface area contributed by atoms with Gasteiger partial charge in [0.05, 0.1) is 26.3 Å². The number of methoxy groups -OCH3 is 3. The van der Waals surface area contributed by atoms with E-state index in [1.165, 1.54) is 27.4 Å². The maximum Gasteiger partial charge on any atom is 0.327 e. The van der Waals surface area contributed by atoms with Crippen molar-refractivity contribution in [2.24, 2.45) is 0 Å². The zero-order chi connectivity index (χ0) is 21.1. The van der Waals surface area contributed by atoms with Crippen LogP contribution in [0.2, 0.25) is 0 Å². The number of rotatable bonds is 6. The van der Waals surface area contributed by atoms with Crippen molar-refractivity contribution >= 4 is 11.6 Å². The summed E-state index contributed by atoms with van der Waals surface area (Å²) in [7, 11) is 4.00. The molecule has 11 heteroatoms. The topological polar surface area (TPSA) is 130 Å². The number of nitro groups is 1. The zero-order valence-electron chi connectivity index (χ0n) is 16.6. The fraction of sp³-hybridized carbons (Fsp3) is 0.500. The van der Waals surface area contributed by atoms with Crippen LogP contribution in [0.25, 0.3) is 0 Å². The Morgan fingerprint density at radius 2 is 1.86 bits per heavy atom. The van der Waals surface area contributed by atoms with E-state index in [0.717, 1.165) is 0 Å². The standard InChI is InChI=1S/C18H22N4O7/c1-10-19-17(29-20-10)11-5-7-21(8-6-11)18(23)12-9-13(26-2)15(27-3)16(28-4)14(12)22(24)25/h9,11H,5-8H2,1-4H3. The van der Waals surface area contributed by atoms with E-state index in [4.69, 9.17) is 18.7 Å². The van der Waals surface area contributed by atoms with Gasteiger partial charge in [0.25, 0.3) is 5.91 Å². The molecular weight excluding hydrogens is 384 g/mol. The predicted octanol–water partition coefficient (Wildman–Crippen LogP) is 2.33. The molecule has 1 saturated heterocycles. The molecule has 1 amide bonds. The lowest BCUT2D eigenvalue weighted by Crippen LogP contribution is -2.38. The molecule has 0 N–H and O–H groups in total. The third kappa shape index (κ3) is 3.80. The third-order valence-corrected chi connectivity index (χ3v) is 4.89. The first-order valence-electron chi connectivity index (χ1n) is 8.98. The molecule has 0 spiro atoms. The number of aromatic nitrogens is 2. The Morgan fingerprint density at radius 1 is 1.21 bits per heavy atom. The van der Waals surface area contributed by atoms with Gasteiger partial charge < -0.3 is 23.6 Å². The molecule has 0 bridgehead atoms. The lowest BCUT2D eigenvalue weighted by molar-refractivity contribution is -0.386. The van der Waals surface area contributed by atoms with Gasteiger partial charge in [-0.1, -0.05) is 5.16 Å². The van der Waals surface area contributed by atoms with Crippen molar-refractivity contribution in [2.45, 2.75) is 25.7 Å². The summed E-state index contributed by atoms with van der Waals surface area (Å²) in [6, 6.07) is 1.31. The van der Waals surface area contributed by atoms with Crippen LogP contribution in [0.5, 0.6) is 17.2 Å². The number of aryl methyl sites for hydroxylation is 1. The SMILES string of the molecule is COc1cc(C(=O)N2CCC(c3nc(C)no3)CC2)c([N+](=O)[O-])c(OC)c1OC.